The van der Waals surface area contributed by atoms with Crippen LogP contribution in [0.4, 0.5) is 13.2 Å². The molecule has 1 heterocycles. The first-order valence-corrected chi connectivity index (χ1v) is 9.27. The van der Waals surface area contributed by atoms with E-state index in [1.54, 1.807) is 12.1 Å². The van der Waals surface area contributed by atoms with Crippen LogP contribution in [0.25, 0.3) is 0 Å². The number of nitrogens with one attached hydrogen (secondary N) is 2. The lowest BCUT2D eigenvalue weighted by Crippen LogP contribution is -2.45. The summed E-state index contributed by atoms with van der Waals surface area (Å²) in [5, 5.41) is 6.46. The van der Waals surface area contributed by atoms with Gasteiger partial charge in [0.1, 0.15) is 0 Å². The van der Waals surface area contributed by atoms with E-state index in [0.717, 1.165) is 25.0 Å². The normalized spacial score (nSPS) is 19.4. The maximum atomic E-state index is 12.3. The van der Waals surface area contributed by atoms with E-state index >= 15 is 0 Å². The van der Waals surface area contributed by atoms with Crippen molar-refractivity contribution < 1.29 is 27.4 Å². The fourth-order valence-corrected chi connectivity index (χ4v) is 2.85. The van der Waals surface area contributed by atoms with Crippen LogP contribution in [0.15, 0.2) is 23.2 Å². The Bertz CT molecular complexity index is 666. The van der Waals surface area contributed by atoms with Crippen LogP contribution < -0.4 is 20.1 Å². The van der Waals surface area contributed by atoms with Gasteiger partial charge in [-0.25, -0.2) is 4.99 Å². The molecule has 0 aliphatic carbocycles. The zero-order chi connectivity index (χ0) is 20.6. The molecule has 29 heavy (non-hydrogen) atoms. The third kappa shape index (κ3) is 8.85. The van der Waals surface area contributed by atoms with E-state index in [4.69, 9.17) is 14.2 Å². The van der Waals surface area contributed by atoms with Gasteiger partial charge in [-0.1, -0.05) is 6.07 Å². The van der Waals surface area contributed by atoms with Gasteiger partial charge < -0.3 is 24.8 Å². The number of aliphatic imine (C=N–C) groups is 1. The molecule has 1 saturated heterocycles. The summed E-state index contributed by atoms with van der Waals surface area (Å²) in [7, 11) is 1.39. The van der Waals surface area contributed by atoms with Crippen molar-refractivity contribution in [1.82, 2.24) is 10.6 Å². The fraction of sp³-hybridized carbons (Fsp3) is 0.632. The Morgan fingerprint density at radius 3 is 2.62 bits per heavy atom. The van der Waals surface area contributed by atoms with Crippen LogP contribution in [0.5, 0.6) is 11.5 Å². The molecule has 0 saturated carbocycles. The molecule has 0 bridgehead atoms. The Morgan fingerprint density at radius 1 is 1.28 bits per heavy atom. The van der Waals surface area contributed by atoms with Crippen molar-refractivity contribution in [3.05, 3.63) is 23.8 Å². The number of hydrogen-bond donors (Lipinski definition) is 2. The number of ether oxygens (including phenoxy) is 3. The molecule has 1 atom stereocenters. The van der Waals surface area contributed by atoms with Crippen molar-refractivity contribution in [2.45, 2.75) is 45.0 Å². The van der Waals surface area contributed by atoms with Gasteiger partial charge in [-0.3, -0.25) is 0 Å². The third-order valence-corrected chi connectivity index (χ3v) is 4.31. The molecule has 2 rings (SSSR count). The second-order valence-electron chi connectivity index (χ2n) is 6.84. The zero-order valence-electron chi connectivity index (χ0n) is 16.9. The van der Waals surface area contributed by atoms with Gasteiger partial charge in [0.15, 0.2) is 24.1 Å². The van der Waals surface area contributed by atoms with Crippen molar-refractivity contribution >= 4 is 29.9 Å². The summed E-state index contributed by atoms with van der Waals surface area (Å²) in [6, 6.07) is 4.76. The van der Waals surface area contributed by atoms with Gasteiger partial charge in [0.05, 0.1) is 19.3 Å². The Kier molecular flexibility index (Phi) is 10.3. The van der Waals surface area contributed by atoms with E-state index in [2.05, 4.69) is 22.5 Å². The monoisotopic (exact) mass is 531 g/mol. The average molecular weight is 531 g/mol. The average Bonchev–Trinajstić information content (AvgIpc) is 3.08. The highest BCUT2D eigenvalue weighted by atomic mass is 127. The van der Waals surface area contributed by atoms with E-state index in [9.17, 15) is 13.2 Å². The number of rotatable bonds is 8. The molecule has 166 valence electrons. The molecule has 6 nitrogen and oxygen atoms in total. The summed E-state index contributed by atoms with van der Waals surface area (Å²) in [6.07, 6.45) is -2.36. The van der Waals surface area contributed by atoms with Gasteiger partial charge in [-0.2, -0.15) is 13.2 Å². The lowest BCUT2D eigenvalue weighted by Gasteiger charge is -2.24. The SMILES string of the molecule is CCNC(=NCc1ccc(OCC(F)(F)F)c(OC)c1)NCC1(C)CCCO1.I. The largest absolute Gasteiger partial charge is 0.493 e. The maximum Gasteiger partial charge on any atom is 0.422 e. The summed E-state index contributed by atoms with van der Waals surface area (Å²) in [5.41, 5.74) is 0.591. The van der Waals surface area contributed by atoms with Gasteiger partial charge in [0, 0.05) is 19.7 Å². The summed E-state index contributed by atoms with van der Waals surface area (Å²) >= 11 is 0. The lowest BCUT2D eigenvalue weighted by atomic mass is 10.0. The van der Waals surface area contributed by atoms with Crippen LogP contribution in [0.2, 0.25) is 0 Å². The minimum Gasteiger partial charge on any atom is -0.493 e. The second kappa shape index (κ2) is 11.7. The standard InChI is InChI=1S/C19H28F3N3O3.HI/c1-4-23-17(25-12-18(2)8-5-9-28-18)24-11-14-6-7-15(16(10-14)26-3)27-13-19(20,21)22;/h6-7,10H,4-5,8-9,11-13H2,1-3H3,(H2,23,24,25);1H. The molecule has 1 aromatic carbocycles. The number of benzene rings is 1. The molecular weight excluding hydrogens is 502 g/mol. The summed E-state index contributed by atoms with van der Waals surface area (Å²) in [4.78, 5) is 4.53. The van der Waals surface area contributed by atoms with Gasteiger partial charge in [-0.05, 0) is 44.4 Å². The number of nitrogens with zero attached hydrogens (tertiary/aromatic N) is 1. The molecule has 0 radical (unpaired) electrons. The minimum absolute atomic E-state index is 0. The van der Waals surface area contributed by atoms with Gasteiger partial charge in [0.25, 0.3) is 0 Å². The van der Waals surface area contributed by atoms with Crippen LogP contribution >= 0.6 is 24.0 Å². The van der Waals surface area contributed by atoms with E-state index < -0.39 is 12.8 Å². The predicted molar refractivity (Wildman–Crippen MR) is 116 cm³/mol. The van der Waals surface area contributed by atoms with Gasteiger partial charge >= 0.3 is 6.18 Å². The Morgan fingerprint density at radius 2 is 2.03 bits per heavy atom. The summed E-state index contributed by atoms with van der Waals surface area (Å²) in [5.74, 6) is 0.932. The molecule has 0 spiro atoms. The summed E-state index contributed by atoms with van der Waals surface area (Å²) < 4.78 is 52.7. The van der Waals surface area contributed by atoms with Crippen LogP contribution in [-0.4, -0.2) is 51.1 Å². The quantitative estimate of drug-likeness (QED) is 0.303. The van der Waals surface area contributed by atoms with Crippen LogP contribution in [0, 0.1) is 0 Å². The van der Waals surface area contributed by atoms with Crippen LogP contribution in [-0.2, 0) is 11.3 Å². The molecule has 0 amide bonds. The predicted octanol–water partition coefficient (Wildman–Crippen LogP) is 3.88. The van der Waals surface area contributed by atoms with Crippen molar-refractivity contribution in [3.63, 3.8) is 0 Å². The number of hydrogen-bond acceptors (Lipinski definition) is 4. The van der Waals surface area contributed by atoms with Gasteiger partial charge in [-0.15, -0.1) is 24.0 Å². The Balaban J connectivity index is 0.00000420. The van der Waals surface area contributed by atoms with E-state index in [1.165, 1.54) is 13.2 Å². The topological polar surface area (TPSA) is 64.1 Å². The highest BCUT2D eigenvalue weighted by Gasteiger charge is 2.30. The molecule has 1 aliphatic heterocycles. The van der Waals surface area contributed by atoms with E-state index in [-0.39, 0.29) is 41.1 Å². The first-order chi connectivity index (χ1) is 13.2. The first-order valence-electron chi connectivity index (χ1n) is 9.27. The molecule has 10 heteroatoms. The van der Waals surface area contributed by atoms with Crippen molar-refractivity contribution in [2.75, 3.05) is 33.4 Å². The number of methoxy groups -OCH3 is 1. The molecular formula is C19H29F3IN3O3. The van der Waals surface area contributed by atoms with Crippen molar-refractivity contribution in [2.24, 2.45) is 4.99 Å². The highest BCUT2D eigenvalue weighted by molar-refractivity contribution is 14.0. The van der Waals surface area contributed by atoms with E-state index in [1.807, 2.05) is 6.92 Å². The van der Waals surface area contributed by atoms with Gasteiger partial charge in [0.2, 0.25) is 0 Å². The maximum absolute atomic E-state index is 12.3. The minimum atomic E-state index is -4.40. The third-order valence-electron chi connectivity index (χ3n) is 4.31. The Hall–Kier alpha value is -1.43. The van der Waals surface area contributed by atoms with E-state index in [0.29, 0.717) is 25.6 Å². The molecule has 1 aliphatic rings. The molecule has 1 unspecified atom stereocenters. The number of alkyl halides is 3. The fourth-order valence-electron chi connectivity index (χ4n) is 2.85. The van der Waals surface area contributed by atoms with Crippen LogP contribution in [0.1, 0.15) is 32.3 Å². The number of halogens is 4. The first kappa shape index (κ1) is 25.6. The van der Waals surface area contributed by atoms with Crippen molar-refractivity contribution in [1.29, 1.82) is 0 Å². The van der Waals surface area contributed by atoms with Crippen LogP contribution in [0.3, 0.4) is 0 Å². The molecule has 0 aromatic heterocycles. The molecule has 1 aromatic rings. The Labute approximate surface area is 186 Å². The summed E-state index contributed by atoms with van der Waals surface area (Å²) in [6.45, 7) is 5.14. The van der Waals surface area contributed by atoms with Crippen molar-refractivity contribution in [3.8, 4) is 11.5 Å². The highest BCUT2D eigenvalue weighted by Crippen LogP contribution is 2.30. The lowest BCUT2D eigenvalue weighted by molar-refractivity contribution is -0.153. The number of guanidine groups is 1. The molecule has 2 N–H and O–H groups in total. The zero-order valence-corrected chi connectivity index (χ0v) is 19.2. The smallest absolute Gasteiger partial charge is 0.422 e. The second-order valence-corrected chi connectivity index (χ2v) is 6.84. The molecule has 1 fully saturated rings.